The molecule has 324 valence electrons. The van der Waals surface area contributed by atoms with Crippen LogP contribution < -0.4 is 0 Å². The molecule has 2 aliphatic heterocycles. The van der Waals surface area contributed by atoms with Gasteiger partial charge in [0.15, 0.2) is 0 Å². The number of nitrogens with zero attached hydrogens (tertiary/aromatic N) is 1. The molecule has 2 heterocycles. The Kier molecular flexibility index (Phi) is 10.5. The van der Waals surface area contributed by atoms with Crippen LogP contribution in [-0.2, 0) is 4.74 Å². The van der Waals surface area contributed by atoms with Gasteiger partial charge in [-0.25, -0.2) is 0 Å². The van der Waals surface area contributed by atoms with Gasteiger partial charge in [-0.2, -0.15) is 11.8 Å². The lowest BCUT2D eigenvalue weighted by atomic mass is 9.52. The Balaban J connectivity index is 0.753. The molecule has 0 aromatic rings. The molecule has 0 N–H and O–H groups in total. The van der Waals surface area contributed by atoms with Crippen LogP contribution in [0.2, 0.25) is 0 Å². The molecule has 11 aliphatic carbocycles. The molecule has 0 aromatic heterocycles. The Morgan fingerprint density at radius 1 is 0.345 bits per heavy atom. The summed E-state index contributed by atoms with van der Waals surface area (Å²) in [5.41, 5.74) is 0.756. The lowest BCUT2D eigenvalue weighted by Crippen LogP contribution is -2.55. The van der Waals surface area contributed by atoms with Gasteiger partial charge in [0.25, 0.3) is 0 Å². The van der Waals surface area contributed by atoms with Crippen LogP contribution >= 0.6 is 11.8 Å². The van der Waals surface area contributed by atoms with Gasteiger partial charge >= 0.3 is 0 Å². The second kappa shape index (κ2) is 15.8. The maximum Gasteiger partial charge on any atom is 0.0652 e. The monoisotopic (exact) mass is 810 g/mol. The van der Waals surface area contributed by atoms with Crippen molar-refractivity contribution in [1.82, 2.24) is 4.90 Å². The van der Waals surface area contributed by atoms with Crippen LogP contribution in [0.25, 0.3) is 0 Å². The quantitative estimate of drug-likeness (QED) is 0.281. The van der Waals surface area contributed by atoms with Crippen molar-refractivity contribution < 1.29 is 4.74 Å². The Bertz CT molecular complexity index is 1420. The van der Waals surface area contributed by atoms with E-state index in [1.54, 1.807) is 96.3 Å². The van der Waals surface area contributed by atoms with Crippen LogP contribution in [0.1, 0.15) is 212 Å². The molecule has 0 bridgehead atoms. The van der Waals surface area contributed by atoms with Gasteiger partial charge in [0.2, 0.25) is 0 Å². The van der Waals surface area contributed by atoms with E-state index in [0.29, 0.717) is 12.2 Å². The normalized spacial score (nSPS) is 56.4. The molecule has 0 aromatic carbocycles. The van der Waals surface area contributed by atoms with Crippen LogP contribution in [0, 0.1) is 88.3 Å². The molecule has 0 amide bonds. The molecule has 3 heteroatoms. The van der Waals surface area contributed by atoms with Crippen molar-refractivity contribution in [3.63, 3.8) is 0 Å². The van der Waals surface area contributed by atoms with Crippen molar-refractivity contribution in [2.45, 2.75) is 253 Å². The maximum atomic E-state index is 7.64. The van der Waals surface area contributed by atoms with Crippen LogP contribution in [0.4, 0.5) is 0 Å². The average Bonchev–Trinajstić information content (AvgIpc) is 4.02. The summed E-state index contributed by atoms with van der Waals surface area (Å²) in [6, 6.07) is 2.71. The highest BCUT2D eigenvalue weighted by molar-refractivity contribution is 8.00. The minimum Gasteiger partial charge on any atom is -0.374 e. The van der Waals surface area contributed by atoms with Crippen molar-refractivity contribution in [2.75, 3.05) is 0 Å². The summed E-state index contributed by atoms with van der Waals surface area (Å²) in [6.45, 7) is 0. The molecular weight excluding hydrogens is 723 g/mol. The van der Waals surface area contributed by atoms with Gasteiger partial charge in [-0.1, -0.05) is 77.0 Å². The van der Waals surface area contributed by atoms with E-state index in [2.05, 4.69) is 16.7 Å². The molecule has 2 nitrogen and oxygen atoms in total. The Hall–Kier alpha value is 0.270. The molecule has 13 rings (SSSR count). The summed E-state index contributed by atoms with van der Waals surface area (Å²) in [5, 5.41) is 1.92. The van der Waals surface area contributed by atoms with E-state index in [-0.39, 0.29) is 0 Å². The average molecular weight is 810 g/mol. The van der Waals surface area contributed by atoms with E-state index >= 15 is 0 Å². The highest BCUT2D eigenvalue weighted by atomic mass is 32.2. The molecule has 18 atom stereocenters. The summed E-state index contributed by atoms with van der Waals surface area (Å²) in [4.78, 5) is 3.44. The third kappa shape index (κ3) is 5.93. The molecule has 58 heavy (non-hydrogen) atoms. The third-order valence-corrected chi connectivity index (χ3v) is 25.4. The van der Waals surface area contributed by atoms with E-state index in [0.717, 1.165) is 117 Å². The Labute approximate surface area is 360 Å². The van der Waals surface area contributed by atoms with E-state index in [9.17, 15) is 0 Å². The minimum absolute atomic E-state index is 0.627. The second-order valence-corrected chi connectivity index (χ2v) is 26.5. The zero-order chi connectivity index (χ0) is 38.0. The summed E-state index contributed by atoms with van der Waals surface area (Å²) in [6.07, 6.45) is 52.7. The summed E-state index contributed by atoms with van der Waals surface area (Å²) < 4.78 is 7.64. The first kappa shape index (κ1) is 38.7. The van der Waals surface area contributed by atoms with Gasteiger partial charge < -0.3 is 4.74 Å². The number of rotatable bonds is 4. The first-order valence-corrected chi connectivity index (χ1v) is 28.8. The van der Waals surface area contributed by atoms with Crippen molar-refractivity contribution >= 4 is 11.8 Å². The van der Waals surface area contributed by atoms with Crippen molar-refractivity contribution in [1.29, 1.82) is 0 Å². The molecule has 18 unspecified atom stereocenters. The van der Waals surface area contributed by atoms with E-state index in [1.165, 1.54) is 116 Å². The number of fused-ring (bicyclic) bond motifs is 17. The lowest BCUT2D eigenvalue weighted by Gasteiger charge is -2.55. The van der Waals surface area contributed by atoms with E-state index < -0.39 is 0 Å². The van der Waals surface area contributed by atoms with Crippen LogP contribution in [-0.4, -0.2) is 45.7 Å². The summed E-state index contributed by atoms with van der Waals surface area (Å²) in [7, 11) is 0. The predicted molar refractivity (Wildman–Crippen MR) is 241 cm³/mol. The topological polar surface area (TPSA) is 12.5 Å². The van der Waals surface area contributed by atoms with Crippen molar-refractivity contribution in [2.24, 2.45) is 88.3 Å². The summed E-state index contributed by atoms with van der Waals surface area (Å²) >= 11 is 2.46. The fourth-order valence-corrected chi connectivity index (χ4v) is 24.3. The molecule has 1 spiro atoms. The zero-order valence-corrected chi connectivity index (χ0v) is 38.0. The van der Waals surface area contributed by atoms with Crippen molar-refractivity contribution in [3.05, 3.63) is 0 Å². The van der Waals surface area contributed by atoms with Gasteiger partial charge in [-0.15, -0.1) is 0 Å². The SMILES string of the molecule is C1CCC(N(C2CCC(C3CCCC4C5CCC6SC7CCCCC7C6C5OC34)CC2)C2CCC3C4CCCCC4C4(C5CCCCC5C5CCCCC54)C3C2)CC1. The number of hydrogen-bond donors (Lipinski definition) is 0. The standard InChI is InChI=1S/C55H87NOS/c1-2-13-35(14-3-1)56(37-29-30-42-41-17-6-10-23-48(41)55(49(42)33-37)46-21-8-4-15-39(46)40-16-5-9-22-47(40)55)36-27-25-34(26-28-36)38-19-12-20-43-44-31-32-51-52(54(44)57-53(38)43)45-18-7-11-24-50(45)58-51/h34-54H,1-33H2. The first-order chi connectivity index (χ1) is 28.8. The highest BCUT2D eigenvalue weighted by Crippen LogP contribution is 2.78. The number of hydrogen-bond acceptors (Lipinski definition) is 3. The van der Waals surface area contributed by atoms with E-state index in [4.69, 9.17) is 4.74 Å². The molecule has 13 fully saturated rings. The number of ether oxygens (including phenoxy) is 1. The fourth-order valence-electron chi connectivity index (χ4n) is 22.2. The molecule has 11 saturated carbocycles. The van der Waals surface area contributed by atoms with Crippen molar-refractivity contribution in [3.8, 4) is 0 Å². The highest BCUT2D eigenvalue weighted by Gasteiger charge is 2.72. The fraction of sp³-hybridized carbons (Fsp3) is 1.00. The molecular formula is C55H87NOS. The van der Waals surface area contributed by atoms with Gasteiger partial charge in [0, 0.05) is 34.5 Å². The Morgan fingerprint density at radius 3 is 1.57 bits per heavy atom. The lowest BCUT2D eigenvalue weighted by molar-refractivity contribution is -0.0810. The minimum atomic E-state index is 0.627. The van der Waals surface area contributed by atoms with Gasteiger partial charge in [0.05, 0.1) is 12.2 Å². The first-order valence-electron chi connectivity index (χ1n) is 27.9. The largest absolute Gasteiger partial charge is 0.374 e. The van der Waals surface area contributed by atoms with Gasteiger partial charge in [-0.3, -0.25) is 4.90 Å². The summed E-state index contributed by atoms with van der Waals surface area (Å²) in [5.74, 6) is 14.5. The maximum absolute atomic E-state index is 7.64. The zero-order valence-electron chi connectivity index (χ0n) is 37.2. The Morgan fingerprint density at radius 2 is 0.862 bits per heavy atom. The third-order valence-electron chi connectivity index (χ3n) is 23.6. The van der Waals surface area contributed by atoms with Crippen LogP contribution in [0.3, 0.4) is 0 Å². The van der Waals surface area contributed by atoms with Crippen LogP contribution in [0.5, 0.6) is 0 Å². The molecule has 2 saturated heterocycles. The van der Waals surface area contributed by atoms with Crippen LogP contribution in [0.15, 0.2) is 0 Å². The molecule has 13 aliphatic rings. The smallest absolute Gasteiger partial charge is 0.0652 e. The van der Waals surface area contributed by atoms with Gasteiger partial charge in [0.1, 0.15) is 0 Å². The predicted octanol–water partition coefficient (Wildman–Crippen LogP) is 14.3. The number of thioether (sulfide) groups is 1. The van der Waals surface area contributed by atoms with Gasteiger partial charge in [-0.05, 0) is 217 Å². The molecule has 0 radical (unpaired) electrons. The second-order valence-electron chi connectivity index (χ2n) is 25.0. The van der Waals surface area contributed by atoms with E-state index in [1.807, 2.05) is 0 Å².